The Labute approximate surface area is 148 Å². The smallest absolute Gasteiger partial charge is 0.327 e. The average molecular weight is 365 g/mol. The number of hydrogen-bond donors (Lipinski definition) is 2. The van der Waals surface area contributed by atoms with Gasteiger partial charge in [0.05, 0.1) is 0 Å². The maximum atomic E-state index is 11.8. The molecule has 0 aromatic carbocycles. The Morgan fingerprint density at radius 3 is 1.38 bits per heavy atom. The van der Waals surface area contributed by atoms with Crippen LogP contribution in [0, 0.1) is 0 Å². The molecular formula is C18H36O5S. The molecule has 0 spiro atoms. The lowest BCUT2D eigenvalue weighted by atomic mass is 9.93. The molecule has 0 aliphatic rings. The number of carboxylic acids is 1. The van der Waals surface area contributed by atoms with E-state index in [-0.39, 0.29) is 12.8 Å². The second-order valence-electron chi connectivity index (χ2n) is 6.81. The summed E-state index contributed by atoms with van der Waals surface area (Å²) in [4.78, 5) is 11.7. The Kier molecular flexibility index (Phi) is 12.4. The van der Waals surface area contributed by atoms with Crippen LogP contribution in [0.1, 0.15) is 104 Å². The summed E-state index contributed by atoms with van der Waals surface area (Å²) in [5.74, 6) is -1.41. The van der Waals surface area contributed by atoms with Crippen LogP contribution in [0.3, 0.4) is 0 Å². The minimum atomic E-state index is -4.62. The molecule has 6 heteroatoms. The van der Waals surface area contributed by atoms with Crippen LogP contribution >= 0.6 is 0 Å². The Hall–Kier alpha value is -0.620. The molecule has 0 unspecified atom stereocenters. The van der Waals surface area contributed by atoms with E-state index in [0.717, 1.165) is 64.2 Å². The van der Waals surface area contributed by atoms with Gasteiger partial charge in [-0.05, 0) is 12.8 Å². The van der Waals surface area contributed by atoms with E-state index in [0.29, 0.717) is 12.8 Å². The molecule has 0 atom stereocenters. The van der Waals surface area contributed by atoms with Gasteiger partial charge in [0.25, 0.3) is 10.1 Å². The van der Waals surface area contributed by atoms with E-state index in [1.807, 2.05) is 0 Å². The van der Waals surface area contributed by atoms with Gasteiger partial charge < -0.3 is 5.11 Å². The highest BCUT2D eigenvalue weighted by Gasteiger charge is 2.49. The predicted molar refractivity (Wildman–Crippen MR) is 97.9 cm³/mol. The van der Waals surface area contributed by atoms with Crippen LogP contribution in [-0.4, -0.2) is 28.8 Å². The highest BCUT2D eigenvalue weighted by Crippen LogP contribution is 2.31. The molecular weight excluding hydrogens is 328 g/mol. The summed E-state index contributed by atoms with van der Waals surface area (Å²) in [6, 6.07) is 0. The zero-order valence-corrected chi connectivity index (χ0v) is 16.2. The number of hydrogen-bond acceptors (Lipinski definition) is 3. The van der Waals surface area contributed by atoms with E-state index in [1.54, 1.807) is 0 Å². The number of aliphatic carboxylic acids is 1. The molecule has 24 heavy (non-hydrogen) atoms. The summed E-state index contributed by atoms with van der Waals surface area (Å²) in [5.41, 5.74) is 0. The molecule has 0 aliphatic heterocycles. The first-order valence-electron chi connectivity index (χ1n) is 9.52. The summed E-state index contributed by atoms with van der Waals surface area (Å²) in [6.45, 7) is 4.24. The molecule has 0 saturated carbocycles. The molecule has 0 bridgehead atoms. The van der Waals surface area contributed by atoms with E-state index in [4.69, 9.17) is 0 Å². The number of carboxylic acid groups (broad SMARTS) is 1. The first-order valence-corrected chi connectivity index (χ1v) is 11.0. The highest BCUT2D eigenvalue weighted by atomic mass is 32.2. The fourth-order valence-corrected chi connectivity index (χ4v) is 4.11. The van der Waals surface area contributed by atoms with Gasteiger partial charge in [-0.15, -0.1) is 0 Å². The molecule has 0 heterocycles. The third-order valence-electron chi connectivity index (χ3n) is 4.75. The van der Waals surface area contributed by atoms with Crippen LogP contribution < -0.4 is 0 Å². The van der Waals surface area contributed by atoms with Gasteiger partial charge in [0, 0.05) is 0 Å². The van der Waals surface area contributed by atoms with Crippen LogP contribution in [0.15, 0.2) is 0 Å². The van der Waals surface area contributed by atoms with Gasteiger partial charge in [0.15, 0.2) is 4.75 Å². The number of carbonyl (C=O) groups is 1. The van der Waals surface area contributed by atoms with E-state index in [2.05, 4.69) is 13.8 Å². The van der Waals surface area contributed by atoms with Crippen molar-refractivity contribution < 1.29 is 22.9 Å². The van der Waals surface area contributed by atoms with Crippen molar-refractivity contribution >= 4 is 16.1 Å². The lowest BCUT2D eigenvalue weighted by molar-refractivity contribution is -0.140. The predicted octanol–water partition coefficient (Wildman–Crippen LogP) is 5.20. The molecule has 0 aliphatic carbocycles. The Morgan fingerprint density at radius 1 is 0.750 bits per heavy atom. The molecule has 0 radical (unpaired) electrons. The number of rotatable bonds is 16. The van der Waals surface area contributed by atoms with E-state index in [1.165, 1.54) is 0 Å². The lowest BCUT2D eigenvalue weighted by Crippen LogP contribution is -2.46. The lowest BCUT2D eigenvalue weighted by Gasteiger charge is -2.26. The molecule has 0 rings (SSSR count). The summed E-state index contributed by atoms with van der Waals surface area (Å²) < 4.78 is 31.2. The third-order valence-corrected chi connectivity index (χ3v) is 6.32. The first kappa shape index (κ1) is 23.4. The normalized spacial score (nSPS) is 12.5. The van der Waals surface area contributed by atoms with Gasteiger partial charge in [0.2, 0.25) is 0 Å². The van der Waals surface area contributed by atoms with Crippen molar-refractivity contribution in [2.45, 2.75) is 108 Å². The second kappa shape index (κ2) is 12.7. The van der Waals surface area contributed by atoms with Crippen molar-refractivity contribution in [3.63, 3.8) is 0 Å². The minimum absolute atomic E-state index is 0.00223. The van der Waals surface area contributed by atoms with Crippen LogP contribution in [0.25, 0.3) is 0 Å². The maximum Gasteiger partial charge on any atom is 0.327 e. The van der Waals surface area contributed by atoms with Gasteiger partial charge in [0.1, 0.15) is 0 Å². The Bertz CT molecular complexity index is 415. The highest BCUT2D eigenvalue weighted by molar-refractivity contribution is 7.88. The van der Waals surface area contributed by atoms with Gasteiger partial charge in [-0.3, -0.25) is 9.35 Å². The Morgan fingerprint density at radius 2 is 1.08 bits per heavy atom. The molecule has 0 saturated heterocycles. The molecule has 144 valence electrons. The summed E-state index contributed by atoms with van der Waals surface area (Å²) >= 11 is 0. The maximum absolute atomic E-state index is 11.8. The SMILES string of the molecule is CCCCCCCCC(CCCCCCCC)(C(=O)O)S(=O)(=O)O. The van der Waals surface area contributed by atoms with Crippen LogP contribution in [0.5, 0.6) is 0 Å². The van der Waals surface area contributed by atoms with Crippen LogP contribution in [0.2, 0.25) is 0 Å². The van der Waals surface area contributed by atoms with Crippen LogP contribution in [-0.2, 0) is 14.9 Å². The number of unbranched alkanes of at least 4 members (excludes halogenated alkanes) is 10. The standard InChI is InChI=1S/C18H36O5S/c1-3-5-7-9-11-13-15-18(17(19)20,24(21,22)23)16-14-12-10-8-6-4-2/h3-16H2,1-2H3,(H,19,20)(H,21,22,23). The van der Waals surface area contributed by atoms with Crippen molar-refractivity contribution in [3.8, 4) is 0 Å². The second-order valence-corrected chi connectivity index (χ2v) is 8.54. The topological polar surface area (TPSA) is 91.7 Å². The van der Waals surface area contributed by atoms with E-state index in [9.17, 15) is 22.9 Å². The summed E-state index contributed by atoms with van der Waals surface area (Å²) in [6.07, 6.45) is 11.3. The van der Waals surface area contributed by atoms with E-state index >= 15 is 0 Å². The molecule has 5 nitrogen and oxygen atoms in total. The first-order chi connectivity index (χ1) is 11.3. The molecule has 0 aromatic rings. The molecule has 0 fully saturated rings. The van der Waals surface area contributed by atoms with Crippen molar-refractivity contribution in [2.75, 3.05) is 0 Å². The van der Waals surface area contributed by atoms with Crippen molar-refractivity contribution in [1.29, 1.82) is 0 Å². The Balaban J connectivity index is 4.58. The summed E-state index contributed by atoms with van der Waals surface area (Å²) in [7, 11) is -4.62. The monoisotopic (exact) mass is 364 g/mol. The molecule has 0 amide bonds. The van der Waals surface area contributed by atoms with Crippen molar-refractivity contribution in [1.82, 2.24) is 0 Å². The molecule has 2 N–H and O–H groups in total. The quantitative estimate of drug-likeness (QED) is 0.290. The average Bonchev–Trinajstić information content (AvgIpc) is 2.50. The third kappa shape index (κ3) is 8.47. The van der Waals surface area contributed by atoms with E-state index < -0.39 is 20.8 Å². The van der Waals surface area contributed by atoms with Gasteiger partial charge >= 0.3 is 5.97 Å². The zero-order valence-electron chi connectivity index (χ0n) is 15.4. The zero-order chi connectivity index (χ0) is 18.5. The van der Waals surface area contributed by atoms with Gasteiger partial charge in [-0.2, -0.15) is 8.42 Å². The summed E-state index contributed by atoms with van der Waals surface area (Å²) in [5, 5.41) is 9.50. The largest absolute Gasteiger partial charge is 0.480 e. The minimum Gasteiger partial charge on any atom is -0.480 e. The fourth-order valence-electron chi connectivity index (χ4n) is 3.09. The van der Waals surface area contributed by atoms with Crippen molar-refractivity contribution in [3.05, 3.63) is 0 Å². The molecule has 0 aromatic heterocycles. The van der Waals surface area contributed by atoms with Gasteiger partial charge in [-0.25, -0.2) is 0 Å². The van der Waals surface area contributed by atoms with Gasteiger partial charge in [-0.1, -0.05) is 90.9 Å². The fraction of sp³-hybridized carbons (Fsp3) is 0.944. The van der Waals surface area contributed by atoms with Crippen molar-refractivity contribution in [2.24, 2.45) is 0 Å². The van der Waals surface area contributed by atoms with Crippen LogP contribution in [0.4, 0.5) is 0 Å².